The number of nitrogens with one attached hydrogen (secondary N) is 1. The van der Waals surface area contributed by atoms with E-state index in [0.717, 1.165) is 16.2 Å². The van der Waals surface area contributed by atoms with E-state index in [1.807, 2.05) is 6.07 Å². The Morgan fingerprint density at radius 1 is 1.15 bits per heavy atom. The predicted molar refractivity (Wildman–Crippen MR) is 81.5 cm³/mol. The van der Waals surface area contributed by atoms with Gasteiger partial charge in [-0.2, -0.15) is 0 Å². The third-order valence-electron chi connectivity index (χ3n) is 3.40. The minimum atomic E-state index is -0.164. The Morgan fingerprint density at radius 2 is 1.90 bits per heavy atom. The molecular weight excluding hydrogens is 271 g/mol. The normalized spacial score (nSPS) is 11.2. The number of aromatic amines is 1. The summed E-state index contributed by atoms with van der Waals surface area (Å²) in [5, 5.41) is 0.827. The molecule has 0 saturated carbocycles. The maximum atomic E-state index is 13.6. The number of aromatic nitrogens is 2. The standard InChI is InChI=1S/C16H15FN2S/c1-10-7-14-15(8-11(10)2)19-16(18-14)20-9-12-5-3-4-6-13(12)17/h3-8H,9H2,1-2H3,(H,18,19). The maximum Gasteiger partial charge on any atom is 0.166 e. The number of imidazole rings is 1. The SMILES string of the molecule is Cc1cc2nc(SCc3ccccc3F)[nH]c2cc1C. The van der Waals surface area contributed by atoms with Gasteiger partial charge in [0.1, 0.15) is 5.82 Å². The summed E-state index contributed by atoms with van der Waals surface area (Å²) in [6.07, 6.45) is 0. The van der Waals surface area contributed by atoms with Crippen molar-refractivity contribution in [2.24, 2.45) is 0 Å². The van der Waals surface area contributed by atoms with Gasteiger partial charge in [0.05, 0.1) is 11.0 Å². The van der Waals surface area contributed by atoms with Crippen molar-refractivity contribution in [3.05, 3.63) is 58.9 Å². The first-order valence-electron chi connectivity index (χ1n) is 6.46. The zero-order chi connectivity index (χ0) is 14.1. The van der Waals surface area contributed by atoms with Gasteiger partial charge in [-0.15, -0.1) is 0 Å². The first-order valence-corrected chi connectivity index (χ1v) is 7.45. The van der Waals surface area contributed by atoms with E-state index in [-0.39, 0.29) is 5.82 Å². The van der Waals surface area contributed by atoms with Gasteiger partial charge in [0, 0.05) is 5.75 Å². The van der Waals surface area contributed by atoms with Crippen LogP contribution in [0.25, 0.3) is 11.0 Å². The highest BCUT2D eigenvalue weighted by molar-refractivity contribution is 7.98. The van der Waals surface area contributed by atoms with Crippen LogP contribution in [0.3, 0.4) is 0 Å². The molecule has 102 valence electrons. The van der Waals surface area contributed by atoms with Gasteiger partial charge in [-0.3, -0.25) is 0 Å². The molecule has 0 amide bonds. The smallest absolute Gasteiger partial charge is 0.166 e. The monoisotopic (exact) mass is 286 g/mol. The van der Waals surface area contributed by atoms with Crippen LogP contribution in [0.15, 0.2) is 41.6 Å². The molecule has 0 bridgehead atoms. The highest BCUT2D eigenvalue weighted by Crippen LogP contribution is 2.25. The average molecular weight is 286 g/mol. The topological polar surface area (TPSA) is 28.7 Å². The summed E-state index contributed by atoms with van der Waals surface area (Å²) in [6.45, 7) is 4.16. The van der Waals surface area contributed by atoms with Crippen LogP contribution in [0.4, 0.5) is 4.39 Å². The Kier molecular flexibility index (Phi) is 3.49. The number of thioether (sulfide) groups is 1. The van der Waals surface area contributed by atoms with E-state index in [1.54, 1.807) is 12.1 Å². The number of hydrogen-bond acceptors (Lipinski definition) is 2. The van der Waals surface area contributed by atoms with Crippen LogP contribution in [0.1, 0.15) is 16.7 Å². The Morgan fingerprint density at radius 3 is 2.70 bits per heavy atom. The zero-order valence-electron chi connectivity index (χ0n) is 11.4. The number of fused-ring (bicyclic) bond motifs is 1. The summed E-state index contributed by atoms with van der Waals surface area (Å²) in [7, 11) is 0. The van der Waals surface area contributed by atoms with Gasteiger partial charge in [-0.1, -0.05) is 30.0 Å². The third-order valence-corrected chi connectivity index (χ3v) is 4.32. The highest BCUT2D eigenvalue weighted by atomic mass is 32.2. The largest absolute Gasteiger partial charge is 0.333 e. The lowest BCUT2D eigenvalue weighted by Gasteiger charge is -2.00. The lowest BCUT2D eigenvalue weighted by molar-refractivity contribution is 0.617. The molecule has 0 radical (unpaired) electrons. The van der Waals surface area contributed by atoms with Gasteiger partial charge in [-0.25, -0.2) is 9.37 Å². The maximum absolute atomic E-state index is 13.6. The molecule has 2 nitrogen and oxygen atoms in total. The second-order valence-corrected chi connectivity index (χ2v) is 5.84. The molecule has 0 fully saturated rings. The minimum absolute atomic E-state index is 0.164. The van der Waals surface area contributed by atoms with Crippen LogP contribution in [0, 0.1) is 19.7 Å². The molecule has 1 heterocycles. The number of rotatable bonds is 3. The fraction of sp³-hybridized carbons (Fsp3) is 0.188. The van der Waals surface area contributed by atoms with Crippen molar-refractivity contribution < 1.29 is 4.39 Å². The van der Waals surface area contributed by atoms with E-state index in [2.05, 4.69) is 35.9 Å². The van der Waals surface area contributed by atoms with Crippen LogP contribution < -0.4 is 0 Å². The first kappa shape index (κ1) is 13.2. The second-order valence-electron chi connectivity index (χ2n) is 4.88. The molecular formula is C16H15FN2S. The second kappa shape index (κ2) is 5.29. The molecule has 4 heteroatoms. The van der Waals surface area contributed by atoms with Gasteiger partial charge in [0.15, 0.2) is 5.16 Å². The van der Waals surface area contributed by atoms with Crippen molar-refractivity contribution in [1.29, 1.82) is 0 Å². The summed E-state index contributed by atoms with van der Waals surface area (Å²) in [4.78, 5) is 7.83. The van der Waals surface area contributed by atoms with Crippen LogP contribution in [-0.4, -0.2) is 9.97 Å². The number of aryl methyl sites for hydroxylation is 2. The van der Waals surface area contributed by atoms with Crippen LogP contribution in [0.5, 0.6) is 0 Å². The highest BCUT2D eigenvalue weighted by Gasteiger charge is 2.07. The summed E-state index contributed by atoms with van der Waals surface area (Å²) < 4.78 is 13.6. The predicted octanol–water partition coefficient (Wildman–Crippen LogP) is 4.61. The van der Waals surface area contributed by atoms with Crippen molar-refractivity contribution in [2.45, 2.75) is 24.8 Å². The first-order chi connectivity index (χ1) is 9.63. The summed E-state index contributed by atoms with van der Waals surface area (Å²) in [5.41, 5.74) is 5.17. The fourth-order valence-corrected chi connectivity index (χ4v) is 2.95. The molecule has 0 aliphatic heterocycles. The van der Waals surface area contributed by atoms with Crippen LogP contribution in [0.2, 0.25) is 0 Å². The lowest BCUT2D eigenvalue weighted by atomic mass is 10.1. The van der Waals surface area contributed by atoms with Gasteiger partial charge in [-0.05, 0) is 48.7 Å². The number of H-pyrrole nitrogens is 1. The van der Waals surface area contributed by atoms with Gasteiger partial charge in [0.25, 0.3) is 0 Å². The van der Waals surface area contributed by atoms with E-state index >= 15 is 0 Å². The van der Waals surface area contributed by atoms with E-state index < -0.39 is 0 Å². The van der Waals surface area contributed by atoms with E-state index in [4.69, 9.17) is 0 Å². The van der Waals surface area contributed by atoms with Crippen molar-refractivity contribution >= 4 is 22.8 Å². The van der Waals surface area contributed by atoms with Crippen molar-refractivity contribution in [2.75, 3.05) is 0 Å². The van der Waals surface area contributed by atoms with E-state index in [1.165, 1.54) is 29.0 Å². The van der Waals surface area contributed by atoms with Crippen LogP contribution in [-0.2, 0) is 5.75 Å². The summed E-state index contributed by atoms with van der Waals surface area (Å²) in [6, 6.07) is 11.0. The Labute approximate surface area is 121 Å². The molecule has 0 saturated heterocycles. The molecule has 20 heavy (non-hydrogen) atoms. The lowest BCUT2D eigenvalue weighted by Crippen LogP contribution is -1.86. The van der Waals surface area contributed by atoms with Gasteiger partial charge in [0.2, 0.25) is 0 Å². The molecule has 1 aromatic heterocycles. The number of halogens is 1. The fourth-order valence-electron chi connectivity index (χ4n) is 2.08. The summed E-state index contributed by atoms with van der Waals surface area (Å²) >= 11 is 1.52. The number of nitrogens with zero attached hydrogens (tertiary/aromatic N) is 1. The Balaban J connectivity index is 1.83. The molecule has 2 aromatic carbocycles. The quantitative estimate of drug-likeness (QED) is 0.712. The number of hydrogen-bond donors (Lipinski definition) is 1. The molecule has 3 aromatic rings. The average Bonchev–Trinajstić information content (AvgIpc) is 2.80. The van der Waals surface area contributed by atoms with Gasteiger partial charge < -0.3 is 4.98 Å². The minimum Gasteiger partial charge on any atom is -0.333 e. The molecule has 0 atom stereocenters. The molecule has 0 spiro atoms. The van der Waals surface area contributed by atoms with Crippen LogP contribution >= 0.6 is 11.8 Å². The van der Waals surface area contributed by atoms with Crippen molar-refractivity contribution in [3.8, 4) is 0 Å². The van der Waals surface area contributed by atoms with Crippen molar-refractivity contribution in [1.82, 2.24) is 9.97 Å². The van der Waals surface area contributed by atoms with Gasteiger partial charge >= 0.3 is 0 Å². The van der Waals surface area contributed by atoms with E-state index in [9.17, 15) is 4.39 Å². The van der Waals surface area contributed by atoms with Crippen molar-refractivity contribution in [3.63, 3.8) is 0 Å². The molecule has 0 unspecified atom stereocenters. The molecule has 0 aliphatic carbocycles. The third kappa shape index (κ3) is 2.56. The number of benzene rings is 2. The molecule has 3 rings (SSSR count). The molecule has 0 aliphatic rings. The zero-order valence-corrected chi connectivity index (χ0v) is 12.2. The Bertz CT molecular complexity index is 725. The Hall–Kier alpha value is -1.81. The molecule has 1 N–H and O–H groups in total. The summed E-state index contributed by atoms with van der Waals surface area (Å²) in [5.74, 6) is 0.410. The van der Waals surface area contributed by atoms with E-state index in [0.29, 0.717) is 11.3 Å².